The summed E-state index contributed by atoms with van der Waals surface area (Å²) >= 11 is 2.71. The minimum Gasteiger partial charge on any atom is -0.302 e. The third kappa shape index (κ3) is 4.62. The molecule has 0 spiro atoms. The van der Waals surface area contributed by atoms with Crippen LogP contribution in [0, 0.1) is 5.82 Å². The van der Waals surface area contributed by atoms with Gasteiger partial charge in [-0.15, -0.1) is 23.7 Å². The summed E-state index contributed by atoms with van der Waals surface area (Å²) in [6, 6.07) is 12.2. The number of nitrogens with zero attached hydrogens (tertiary/aromatic N) is 4. The molecule has 1 amide bonds. The van der Waals surface area contributed by atoms with E-state index in [1.807, 2.05) is 24.3 Å². The predicted molar refractivity (Wildman–Crippen MR) is 126 cm³/mol. The molecule has 5 nitrogen and oxygen atoms in total. The van der Waals surface area contributed by atoms with Crippen LogP contribution in [0.25, 0.3) is 20.4 Å². The van der Waals surface area contributed by atoms with E-state index in [1.165, 1.54) is 34.8 Å². The lowest BCUT2D eigenvalue weighted by atomic mass is 10.3. The van der Waals surface area contributed by atoms with Crippen LogP contribution in [-0.4, -0.2) is 47.0 Å². The number of thiazole rings is 2. The first kappa shape index (κ1) is 22.6. The molecule has 158 valence electrons. The number of hydrogen-bond donors (Lipinski definition) is 0. The third-order valence-electron chi connectivity index (χ3n) is 4.83. The number of benzene rings is 2. The van der Waals surface area contributed by atoms with E-state index in [2.05, 4.69) is 28.7 Å². The minimum atomic E-state index is -0.306. The molecular weight excluding hydrogens is 443 g/mol. The van der Waals surface area contributed by atoms with Crippen LogP contribution >= 0.6 is 35.1 Å². The van der Waals surface area contributed by atoms with Crippen molar-refractivity contribution in [3.8, 4) is 0 Å². The highest BCUT2D eigenvalue weighted by atomic mass is 35.5. The van der Waals surface area contributed by atoms with Crippen molar-refractivity contribution in [1.29, 1.82) is 0 Å². The standard InChI is InChI=1S/C21H21FN4OS2.ClH/c1-3-25(4-2)11-12-26(21-24-16-10-9-14(22)13-18(16)29-21)20(27)19-23-15-7-5-6-8-17(15)28-19;/h5-10,13H,3-4,11-12H2,1-2H3;1H. The van der Waals surface area contributed by atoms with E-state index < -0.39 is 0 Å². The number of aromatic nitrogens is 2. The zero-order chi connectivity index (χ0) is 20.4. The lowest BCUT2D eigenvalue weighted by Crippen LogP contribution is -2.38. The highest BCUT2D eigenvalue weighted by molar-refractivity contribution is 7.22. The molecule has 0 aliphatic carbocycles. The van der Waals surface area contributed by atoms with Crippen molar-refractivity contribution in [2.24, 2.45) is 0 Å². The van der Waals surface area contributed by atoms with Crippen molar-refractivity contribution in [2.45, 2.75) is 13.8 Å². The van der Waals surface area contributed by atoms with E-state index in [1.54, 1.807) is 11.0 Å². The molecule has 0 aliphatic heterocycles. The van der Waals surface area contributed by atoms with E-state index in [-0.39, 0.29) is 24.1 Å². The third-order valence-corrected chi connectivity index (χ3v) is 6.89. The molecule has 0 unspecified atom stereocenters. The van der Waals surface area contributed by atoms with Gasteiger partial charge in [-0.05, 0) is 43.4 Å². The topological polar surface area (TPSA) is 49.3 Å². The molecule has 2 aromatic carbocycles. The van der Waals surface area contributed by atoms with Gasteiger partial charge in [0, 0.05) is 13.1 Å². The van der Waals surface area contributed by atoms with Gasteiger partial charge in [-0.25, -0.2) is 14.4 Å². The van der Waals surface area contributed by atoms with E-state index in [4.69, 9.17) is 0 Å². The van der Waals surface area contributed by atoms with Gasteiger partial charge >= 0.3 is 0 Å². The number of hydrogen-bond acceptors (Lipinski definition) is 6. The van der Waals surface area contributed by atoms with Crippen molar-refractivity contribution in [2.75, 3.05) is 31.1 Å². The summed E-state index contributed by atoms with van der Waals surface area (Å²) in [5.74, 6) is -0.474. The maximum atomic E-state index is 13.6. The van der Waals surface area contributed by atoms with Crippen molar-refractivity contribution in [3.05, 3.63) is 53.3 Å². The Labute approximate surface area is 188 Å². The molecule has 30 heavy (non-hydrogen) atoms. The van der Waals surface area contributed by atoms with Crippen LogP contribution in [0.1, 0.15) is 23.6 Å². The number of likely N-dealkylation sites (N-methyl/N-ethyl adjacent to an activating group) is 1. The fourth-order valence-corrected chi connectivity index (χ4v) is 5.08. The summed E-state index contributed by atoms with van der Waals surface area (Å²) in [6.07, 6.45) is 0. The van der Waals surface area contributed by atoms with Crippen molar-refractivity contribution in [3.63, 3.8) is 0 Å². The highest BCUT2D eigenvalue weighted by Crippen LogP contribution is 2.31. The Balaban J connectivity index is 0.00000256. The van der Waals surface area contributed by atoms with Gasteiger partial charge in [0.05, 0.1) is 20.4 Å². The van der Waals surface area contributed by atoms with Crippen LogP contribution in [0.15, 0.2) is 42.5 Å². The highest BCUT2D eigenvalue weighted by Gasteiger charge is 2.24. The molecule has 2 heterocycles. The van der Waals surface area contributed by atoms with Crippen LogP contribution in [0.5, 0.6) is 0 Å². The molecule has 9 heteroatoms. The van der Waals surface area contributed by atoms with Gasteiger partial charge in [0.15, 0.2) is 10.1 Å². The normalized spacial score (nSPS) is 11.2. The number of fused-ring (bicyclic) bond motifs is 2. The Morgan fingerprint density at radius 3 is 2.43 bits per heavy atom. The van der Waals surface area contributed by atoms with Gasteiger partial charge in [0.25, 0.3) is 5.91 Å². The smallest absolute Gasteiger partial charge is 0.289 e. The molecule has 0 bridgehead atoms. The number of carbonyl (C=O) groups is 1. The van der Waals surface area contributed by atoms with Gasteiger partial charge in [-0.1, -0.05) is 37.3 Å². The number of amides is 1. The zero-order valence-corrected chi connectivity index (χ0v) is 19.1. The summed E-state index contributed by atoms with van der Waals surface area (Å²) in [5.41, 5.74) is 1.51. The van der Waals surface area contributed by atoms with Crippen LogP contribution in [0.3, 0.4) is 0 Å². The summed E-state index contributed by atoms with van der Waals surface area (Å²) in [6.45, 7) is 7.25. The molecule has 0 atom stereocenters. The summed E-state index contributed by atoms with van der Waals surface area (Å²) in [5, 5.41) is 1.01. The zero-order valence-electron chi connectivity index (χ0n) is 16.7. The molecule has 0 saturated carbocycles. The minimum absolute atomic E-state index is 0. The van der Waals surface area contributed by atoms with E-state index >= 15 is 0 Å². The SMILES string of the molecule is CCN(CC)CCN(C(=O)c1nc2ccccc2s1)c1nc2ccc(F)cc2s1.Cl. The van der Waals surface area contributed by atoms with Crippen LogP contribution in [0.4, 0.5) is 9.52 Å². The number of para-hydroxylation sites is 1. The van der Waals surface area contributed by atoms with Crippen LogP contribution < -0.4 is 4.90 Å². The first-order valence-electron chi connectivity index (χ1n) is 9.55. The van der Waals surface area contributed by atoms with Crippen LogP contribution in [0.2, 0.25) is 0 Å². The molecule has 0 N–H and O–H groups in total. The lowest BCUT2D eigenvalue weighted by Gasteiger charge is -2.24. The average molecular weight is 465 g/mol. The average Bonchev–Trinajstić information content (AvgIpc) is 3.34. The van der Waals surface area contributed by atoms with Gasteiger partial charge in [-0.2, -0.15) is 0 Å². The summed E-state index contributed by atoms with van der Waals surface area (Å²) in [4.78, 5) is 26.5. The Bertz CT molecular complexity index is 1130. The van der Waals surface area contributed by atoms with Crippen molar-refractivity contribution in [1.82, 2.24) is 14.9 Å². The van der Waals surface area contributed by atoms with Gasteiger partial charge < -0.3 is 4.90 Å². The molecule has 0 radical (unpaired) electrons. The maximum Gasteiger partial charge on any atom is 0.289 e. The Morgan fingerprint density at radius 2 is 1.70 bits per heavy atom. The molecule has 4 rings (SSSR count). The molecule has 0 saturated heterocycles. The monoisotopic (exact) mass is 464 g/mol. The summed E-state index contributed by atoms with van der Waals surface area (Å²) in [7, 11) is 0. The Hall–Kier alpha value is -2.13. The molecule has 4 aromatic rings. The summed E-state index contributed by atoms with van der Waals surface area (Å²) < 4.78 is 15.3. The quantitative estimate of drug-likeness (QED) is 0.364. The van der Waals surface area contributed by atoms with E-state index in [9.17, 15) is 9.18 Å². The molecule has 0 fully saturated rings. The largest absolute Gasteiger partial charge is 0.302 e. The molecule has 0 aliphatic rings. The fraction of sp³-hybridized carbons (Fsp3) is 0.286. The molecule has 2 aromatic heterocycles. The number of carbonyl (C=O) groups excluding carboxylic acids is 1. The van der Waals surface area contributed by atoms with E-state index in [0.717, 1.165) is 34.6 Å². The first-order chi connectivity index (χ1) is 14.1. The Kier molecular flexibility index (Phi) is 7.36. The number of rotatable bonds is 7. The van der Waals surface area contributed by atoms with Gasteiger partial charge in [0.1, 0.15) is 5.82 Å². The maximum absolute atomic E-state index is 13.6. The lowest BCUT2D eigenvalue weighted by molar-refractivity contribution is 0.0983. The van der Waals surface area contributed by atoms with Gasteiger partial charge in [0.2, 0.25) is 0 Å². The molecular formula is C21H22ClFN4OS2. The first-order valence-corrected chi connectivity index (χ1v) is 11.2. The second-order valence-corrected chi connectivity index (χ2v) is 8.62. The van der Waals surface area contributed by atoms with E-state index in [0.29, 0.717) is 22.2 Å². The Morgan fingerprint density at radius 1 is 0.967 bits per heavy atom. The van der Waals surface area contributed by atoms with Crippen molar-refractivity contribution < 1.29 is 9.18 Å². The number of anilines is 1. The van der Waals surface area contributed by atoms with Crippen LogP contribution in [-0.2, 0) is 0 Å². The fourth-order valence-electron chi connectivity index (χ4n) is 3.15. The van der Waals surface area contributed by atoms with Crippen molar-refractivity contribution >= 4 is 66.6 Å². The number of halogens is 2. The second-order valence-electron chi connectivity index (χ2n) is 6.58. The van der Waals surface area contributed by atoms with Gasteiger partial charge in [-0.3, -0.25) is 9.69 Å². The predicted octanol–water partition coefficient (Wildman–Crippen LogP) is 5.46. The second kappa shape index (κ2) is 9.78.